The Morgan fingerprint density at radius 1 is 1.18 bits per heavy atom. The van der Waals surface area contributed by atoms with Crippen molar-refractivity contribution in [2.45, 2.75) is 47.1 Å². The first-order valence-electron chi connectivity index (χ1n) is 7.96. The lowest BCUT2D eigenvalue weighted by atomic mass is 10.1. The molecule has 1 unspecified atom stereocenters. The number of benzene rings is 1. The van der Waals surface area contributed by atoms with Crippen LogP contribution in [-0.4, -0.2) is 30.1 Å². The summed E-state index contributed by atoms with van der Waals surface area (Å²) in [5.41, 5.74) is 2.45. The van der Waals surface area contributed by atoms with Crippen LogP contribution in [0, 0.1) is 19.8 Å². The molecule has 0 saturated heterocycles. The minimum Gasteiger partial charge on any atom is -0.494 e. The molecular formula is C18H29NO2S. The van der Waals surface area contributed by atoms with Gasteiger partial charge in [0.2, 0.25) is 5.91 Å². The van der Waals surface area contributed by atoms with Crippen molar-refractivity contribution in [1.82, 2.24) is 5.32 Å². The molecular weight excluding hydrogens is 294 g/mol. The molecule has 0 fully saturated rings. The van der Waals surface area contributed by atoms with Crippen LogP contribution in [0.1, 0.15) is 38.3 Å². The fraction of sp³-hybridized carbons (Fsp3) is 0.611. The summed E-state index contributed by atoms with van der Waals surface area (Å²) in [7, 11) is 0. The van der Waals surface area contributed by atoms with Crippen LogP contribution in [0.15, 0.2) is 18.2 Å². The first-order chi connectivity index (χ1) is 10.4. The minimum atomic E-state index is 0.126. The third-order valence-electron chi connectivity index (χ3n) is 3.52. The summed E-state index contributed by atoms with van der Waals surface area (Å²) in [5.74, 6) is 3.00. The normalized spacial score (nSPS) is 12.3. The summed E-state index contributed by atoms with van der Waals surface area (Å²) in [6.45, 7) is 11.1. The van der Waals surface area contributed by atoms with E-state index in [-0.39, 0.29) is 11.9 Å². The molecule has 22 heavy (non-hydrogen) atoms. The van der Waals surface area contributed by atoms with Crippen LogP contribution >= 0.6 is 11.8 Å². The van der Waals surface area contributed by atoms with Gasteiger partial charge >= 0.3 is 0 Å². The van der Waals surface area contributed by atoms with Crippen molar-refractivity contribution in [3.05, 3.63) is 29.3 Å². The van der Waals surface area contributed by atoms with Crippen LogP contribution in [-0.2, 0) is 4.79 Å². The molecule has 4 heteroatoms. The molecule has 1 N–H and O–H groups in total. The zero-order chi connectivity index (χ0) is 16.5. The number of rotatable bonds is 9. The highest BCUT2D eigenvalue weighted by Gasteiger charge is 2.10. The monoisotopic (exact) mass is 323 g/mol. The molecule has 3 nitrogen and oxygen atoms in total. The summed E-state index contributed by atoms with van der Waals surface area (Å²) in [6.07, 6.45) is 0.949. The molecule has 0 aliphatic rings. The highest BCUT2D eigenvalue weighted by molar-refractivity contribution is 7.99. The van der Waals surface area contributed by atoms with E-state index in [1.165, 1.54) is 11.1 Å². The van der Waals surface area contributed by atoms with Crippen molar-refractivity contribution in [3.8, 4) is 5.75 Å². The largest absolute Gasteiger partial charge is 0.494 e. The van der Waals surface area contributed by atoms with Gasteiger partial charge in [-0.1, -0.05) is 19.9 Å². The van der Waals surface area contributed by atoms with Gasteiger partial charge in [-0.05, 0) is 62.1 Å². The second-order valence-electron chi connectivity index (χ2n) is 6.18. The second kappa shape index (κ2) is 9.78. The summed E-state index contributed by atoms with van der Waals surface area (Å²) < 4.78 is 5.76. The van der Waals surface area contributed by atoms with Gasteiger partial charge in [0, 0.05) is 6.04 Å². The van der Waals surface area contributed by atoms with Crippen LogP contribution in [0.5, 0.6) is 5.75 Å². The van der Waals surface area contributed by atoms with Crippen molar-refractivity contribution < 1.29 is 9.53 Å². The Labute approximate surface area is 139 Å². The van der Waals surface area contributed by atoms with Gasteiger partial charge in [0.1, 0.15) is 5.75 Å². The first-order valence-corrected chi connectivity index (χ1v) is 9.12. The Bertz CT molecular complexity index is 454. The number of hydrogen-bond acceptors (Lipinski definition) is 3. The van der Waals surface area contributed by atoms with E-state index in [1.54, 1.807) is 11.8 Å². The topological polar surface area (TPSA) is 38.3 Å². The predicted octanol–water partition coefficient (Wildman–Crippen LogP) is 3.97. The first kappa shape index (κ1) is 18.9. The van der Waals surface area contributed by atoms with E-state index < -0.39 is 0 Å². The number of carbonyl (C=O) groups is 1. The number of aryl methyl sites for hydroxylation is 2. The van der Waals surface area contributed by atoms with Gasteiger partial charge in [-0.15, -0.1) is 0 Å². The maximum absolute atomic E-state index is 11.7. The summed E-state index contributed by atoms with van der Waals surface area (Å²) in [5, 5.41) is 3.02. The van der Waals surface area contributed by atoms with Crippen molar-refractivity contribution >= 4 is 17.7 Å². The third kappa shape index (κ3) is 7.74. The third-order valence-corrected chi connectivity index (χ3v) is 4.56. The van der Waals surface area contributed by atoms with Crippen LogP contribution < -0.4 is 10.1 Å². The van der Waals surface area contributed by atoms with E-state index in [4.69, 9.17) is 4.74 Å². The van der Waals surface area contributed by atoms with Crippen molar-refractivity contribution in [3.63, 3.8) is 0 Å². The SMILES string of the molecule is Cc1cc(C)cc(OCCCSCC(=O)NC(C)C(C)C)c1. The molecule has 0 aliphatic carbocycles. The molecule has 0 saturated carbocycles. The van der Waals surface area contributed by atoms with Crippen LogP contribution in [0.3, 0.4) is 0 Å². The van der Waals surface area contributed by atoms with E-state index in [2.05, 4.69) is 51.2 Å². The number of nitrogens with one attached hydrogen (secondary N) is 1. The van der Waals surface area contributed by atoms with E-state index in [9.17, 15) is 4.79 Å². The molecule has 0 bridgehead atoms. The van der Waals surface area contributed by atoms with Crippen molar-refractivity contribution in [2.75, 3.05) is 18.1 Å². The Balaban J connectivity index is 2.12. The van der Waals surface area contributed by atoms with Gasteiger partial charge in [-0.2, -0.15) is 11.8 Å². The lowest BCUT2D eigenvalue weighted by Gasteiger charge is -2.17. The molecule has 1 amide bonds. The zero-order valence-corrected chi connectivity index (χ0v) is 15.3. The van der Waals surface area contributed by atoms with Gasteiger partial charge in [-0.3, -0.25) is 4.79 Å². The Morgan fingerprint density at radius 2 is 1.82 bits per heavy atom. The highest BCUT2D eigenvalue weighted by Crippen LogP contribution is 2.16. The van der Waals surface area contributed by atoms with Gasteiger partial charge < -0.3 is 10.1 Å². The lowest BCUT2D eigenvalue weighted by molar-refractivity contribution is -0.119. The second-order valence-corrected chi connectivity index (χ2v) is 7.28. The molecule has 0 aliphatic heterocycles. The number of ether oxygens (including phenoxy) is 1. The number of carbonyl (C=O) groups excluding carboxylic acids is 1. The smallest absolute Gasteiger partial charge is 0.230 e. The molecule has 0 radical (unpaired) electrons. The number of amides is 1. The lowest BCUT2D eigenvalue weighted by Crippen LogP contribution is -2.37. The molecule has 1 aromatic rings. The highest BCUT2D eigenvalue weighted by atomic mass is 32.2. The fourth-order valence-corrected chi connectivity index (χ4v) is 2.73. The molecule has 1 aromatic carbocycles. The van der Waals surface area contributed by atoms with E-state index in [0.29, 0.717) is 18.3 Å². The van der Waals surface area contributed by atoms with Gasteiger partial charge in [-0.25, -0.2) is 0 Å². The predicted molar refractivity (Wildman–Crippen MR) is 95.8 cm³/mol. The van der Waals surface area contributed by atoms with E-state index in [0.717, 1.165) is 17.9 Å². The van der Waals surface area contributed by atoms with Crippen LogP contribution in [0.2, 0.25) is 0 Å². The Hall–Kier alpha value is -1.16. The summed E-state index contributed by atoms with van der Waals surface area (Å²) >= 11 is 1.66. The van der Waals surface area contributed by atoms with E-state index in [1.807, 2.05) is 6.92 Å². The zero-order valence-electron chi connectivity index (χ0n) is 14.4. The van der Waals surface area contributed by atoms with Crippen molar-refractivity contribution in [2.24, 2.45) is 5.92 Å². The quantitative estimate of drug-likeness (QED) is 0.699. The Kier molecular flexibility index (Phi) is 8.39. The number of hydrogen-bond donors (Lipinski definition) is 1. The molecule has 1 rings (SSSR count). The minimum absolute atomic E-state index is 0.126. The average Bonchev–Trinajstić information content (AvgIpc) is 2.41. The molecule has 0 heterocycles. The molecule has 1 atom stereocenters. The van der Waals surface area contributed by atoms with Crippen LogP contribution in [0.4, 0.5) is 0 Å². The molecule has 0 aromatic heterocycles. The summed E-state index contributed by atoms with van der Waals surface area (Å²) in [6, 6.07) is 6.49. The standard InChI is InChI=1S/C18H29NO2S/c1-13(2)16(5)19-18(20)12-22-8-6-7-21-17-10-14(3)9-15(4)11-17/h9-11,13,16H,6-8,12H2,1-5H3,(H,19,20). The maximum Gasteiger partial charge on any atom is 0.230 e. The van der Waals surface area contributed by atoms with Gasteiger partial charge in [0.25, 0.3) is 0 Å². The summed E-state index contributed by atoms with van der Waals surface area (Å²) in [4.78, 5) is 11.7. The van der Waals surface area contributed by atoms with E-state index >= 15 is 0 Å². The van der Waals surface area contributed by atoms with Gasteiger partial charge in [0.15, 0.2) is 0 Å². The van der Waals surface area contributed by atoms with Crippen molar-refractivity contribution in [1.29, 1.82) is 0 Å². The molecule has 0 spiro atoms. The number of thioether (sulfide) groups is 1. The average molecular weight is 324 g/mol. The van der Waals surface area contributed by atoms with Crippen LogP contribution in [0.25, 0.3) is 0 Å². The Morgan fingerprint density at radius 3 is 2.41 bits per heavy atom. The fourth-order valence-electron chi connectivity index (χ4n) is 1.99. The molecule has 124 valence electrons. The maximum atomic E-state index is 11.7. The van der Waals surface area contributed by atoms with Gasteiger partial charge in [0.05, 0.1) is 12.4 Å².